The predicted molar refractivity (Wildman–Crippen MR) is 596 cm³/mol. The van der Waals surface area contributed by atoms with E-state index in [0.29, 0.717) is 90.9 Å². The maximum atomic E-state index is 17.7. The predicted octanol–water partition coefficient (Wildman–Crippen LogP) is 42.0. The summed E-state index contributed by atoms with van der Waals surface area (Å²) >= 11 is 0. The van der Waals surface area contributed by atoms with Crippen molar-refractivity contribution >= 4 is 94.9 Å². The maximum absolute atomic E-state index is 17.7. The number of benzene rings is 15. The van der Waals surface area contributed by atoms with Gasteiger partial charge in [-0.2, -0.15) is 0 Å². The van der Waals surface area contributed by atoms with Crippen LogP contribution in [-0.2, 0) is 25.7 Å². The monoisotopic (exact) mass is 2010 g/mol. The lowest BCUT2D eigenvalue weighted by Crippen LogP contribution is -2.26. The van der Waals surface area contributed by atoms with Gasteiger partial charge in [0.15, 0.2) is 64.7 Å². The summed E-state index contributed by atoms with van der Waals surface area (Å²) in [5, 5.41) is 1.63. The molecular formula is C132H140F12N4. The standard InChI is InChI=1S/C132H140F12N4/c1-17-25-29-83(21-5)61-87-33-41-91(42-34-87)107-65-95(79(9)10)49-57-119(107)145(99-69-111(133)129(141)112(134)70-99)123-77-124(146(100-71-113(135)130(142)114(136)72-100)120-58-50-96(80(11)12)66-108(120)92-43-35-88(36-44-92)62-84(22-6)30-26-18-2)104-55-56-106-126(148(102-75-117(139)132(144)118(140)76-102)122-60-52-98(82(15)16)68-110(122)94-47-39-90(40-48-94)64-86(24-8)32-28-20-4)78-125(105-54-53-103(123)127(104)128(105)106)147(101-73-115(137)131(143)116(138)74-101)121-59-51-97(81(13)14)67-109(121)93-45-37-89(38-46-93)63-85(23-7)31-27-19-3/h33-60,65-86,111,129H,17-32,61-64H2,1-16H3. The Morgan fingerprint density at radius 1 is 0.257 bits per heavy atom. The molecule has 0 aromatic heterocycles. The third-order valence-electron chi connectivity index (χ3n) is 30.9. The normalized spacial score (nSPS) is 14.3. The first-order chi connectivity index (χ1) is 71.3. The lowest BCUT2D eigenvalue weighted by molar-refractivity contribution is 0.205. The molecule has 1 aliphatic carbocycles. The van der Waals surface area contributed by atoms with Gasteiger partial charge in [0.25, 0.3) is 0 Å². The lowest BCUT2D eigenvalue weighted by atomic mass is 9.87. The largest absolute Gasteiger partial charge is 0.309 e. The summed E-state index contributed by atoms with van der Waals surface area (Å²) in [6, 6.07) is 72.4. The second-order valence-electron chi connectivity index (χ2n) is 42.4. The third-order valence-corrected chi connectivity index (χ3v) is 30.9. The van der Waals surface area contributed by atoms with Gasteiger partial charge in [-0.1, -0.05) is 359 Å². The van der Waals surface area contributed by atoms with Crippen molar-refractivity contribution in [3.8, 4) is 44.5 Å². The SMILES string of the molecule is CCCCC(CC)Cc1ccc(-c2cc(C(C)C)ccc2N(C2=CC(F)C(F)C(F)=C2)c2cc(N(c3cc(F)c(F)c(F)c3)c3ccc(C(C)C)cc3-c3ccc(CC(CC)CCCC)cc3)c3ccc4c(N(c5cc(F)c(F)c(F)c5)c5ccc(C(C)C)cc5-c5ccc(CC(CC)CCCC)cc5)cc(N(c5cc(F)c(F)c(F)c5)c5ccc(C(C)C)cc5-c5ccc(CC(CC)CCCC)cc5)c5ccc2c3c54)cc1. The molecule has 0 heterocycles. The Morgan fingerprint density at radius 3 is 0.703 bits per heavy atom. The molecule has 0 N–H and O–H groups in total. The molecule has 0 amide bonds. The van der Waals surface area contributed by atoms with Crippen molar-refractivity contribution in [2.45, 2.75) is 275 Å². The highest BCUT2D eigenvalue weighted by Gasteiger charge is 2.38. The quantitative estimate of drug-likeness (QED) is 0.0214. The average Bonchev–Trinajstić information content (AvgIpc) is 0.693. The van der Waals surface area contributed by atoms with E-state index < -0.39 is 70.5 Å². The summed E-state index contributed by atoms with van der Waals surface area (Å²) in [7, 11) is 0. The zero-order valence-corrected chi connectivity index (χ0v) is 88.5. The molecule has 6 unspecified atom stereocenters. The van der Waals surface area contributed by atoms with Crippen molar-refractivity contribution in [2.24, 2.45) is 23.7 Å². The molecule has 1 aliphatic rings. The first-order valence-corrected chi connectivity index (χ1v) is 54.0. The topological polar surface area (TPSA) is 13.0 Å². The van der Waals surface area contributed by atoms with Gasteiger partial charge < -0.3 is 19.6 Å². The Balaban J connectivity index is 1.14. The van der Waals surface area contributed by atoms with Crippen LogP contribution in [0.5, 0.6) is 0 Å². The van der Waals surface area contributed by atoms with Crippen LogP contribution in [0.2, 0.25) is 0 Å². The van der Waals surface area contributed by atoms with Crippen LogP contribution in [0.15, 0.2) is 266 Å². The first-order valence-electron chi connectivity index (χ1n) is 54.0. The van der Waals surface area contributed by atoms with Crippen LogP contribution in [0.1, 0.15) is 282 Å². The van der Waals surface area contributed by atoms with Gasteiger partial charge in [0.1, 0.15) is 5.83 Å². The van der Waals surface area contributed by atoms with Gasteiger partial charge >= 0.3 is 0 Å². The molecule has 6 atom stereocenters. The molecule has 4 nitrogen and oxygen atoms in total. The maximum Gasteiger partial charge on any atom is 0.194 e. The van der Waals surface area contributed by atoms with Crippen molar-refractivity contribution in [3.63, 3.8) is 0 Å². The molecule has 772 valence electrons. The minimum absolute atomic E-state index is 0.0966. The Hall–Kier alpha value is -12.8. The third kappa shape index (κ3) is 23.1. The van der Waals surface area contributed by atoms with Gasteiger partial charge in [0.2, 0.25) is 0 Å². The minimum atomic E-state index is -2.75. The second kappa shape index (κ2) is 47.8. The van der Waals surface area contributed by atoms with Gasteiger partial charge in [-0.3, -0.25) is 0 Å². The van der Waals surface area contributed by atoms with E-state index in [9.17, 15) is 0 Å². The molecule has 15 aromatic carbocycles. The average molecular weight is 2010 g/mol. The second-order valence-corrected chi connectivity index (χ2v) is 42.4. The van der Waals surface area contributed by atoms with Crippen LogP contribution in [-0.4, -0.2) is 12.3 Å². The first kappa shape index (κ1) is 108. The van der Waals surface area contributed by atoms with E-state index in [1.165, 1.54) is 0 Å². The van der Waals surface area contributed by atoms with E-state index in [4.69, 9.17) is 0 Å². The summed E-state index contributed by atoms with van der Waals surface area (Å²) in [6.45, 7) is 33.9. The highest BCUT2D eigenvalue weighted by molar-refractivity contribution is 6.33. The molecule has 0 radical (unpaired) electrons. The number of unbranched alkanes of at least 4 members (excludes halogenated alkanes) is 4. The van der Waals surface area contributed by atoms with Crippen molar-refractivity contribution in [2.75, 3.05) is 19.6 Å². The number of anilines is 11. The number of hydrogen-bond donors (Lipinski definition) is 0. The molecule has 0 spiro atoms. The fourth-order valence-electron chi connectivity index (χ4n) is 21.9. The van der Waals surface area contributed by atoms with Gasteiger partial charge in [-0.05, 0) is 213 Å². The highest BCUT2D eigenvalue weighted by Crippen LogP contribution is 2.59. The highest BCUT2D eigenvalue weighted by atomic mass is 19.2. The van der Waals surface area contributed by atoms with Crippen LogP contribution in [0.3, 0.4) is 0 Å². The van der Waals surface area contributed by atoms with Crippen LogP contribution in [0.25, 0.3) is 76.8 Å². The van der Waals surface area contributed by atoms with E-state index in [1.807, 2.05) is 169 Å². The molecule has 16 rings (SSSR count). The zero-order valence-electron chi connectivity index (χ0n) is 88.5. The van der Waals surface area contributed by atoms with Crippen LogP contribution >= 0.6 is 0 Å². The van der Waals surface area contributed by atoms with E-state index in [-0.39, 0.29) is 101 Å². The van der Waals surface area contributed by atoms with Crippen LogP contribution in [0, 0.1) is 76.0 Å². The molecule has 0 saturated carbocycles. The number of hydrogen-bond acceptors (Lipinski definition) is 4. The lowest BCUT2D eigenvalue weighted by Gasteiger charge is -2.36. The number of alkyl halides is 2. The molecule has 15 aromatic rings. The van der Waals surface area contributed by atoms with Crippen LogP contribution in [0.4, 0.5) is 115 Å². The van der Waals surface area contributed by atoms with Gasteiger partial charge in [-0.25, -0.2) is 52.7 Å². The fourth-order valence-corrected chi connectivity index (χ4v) is 21.9. The summed E-state index contributed by atoms with van der Waals surface area (Å²) in [5.41, 5.74) is 13.4. The van der Waals surface area contributed by atoms with E-state index in [1.54, 1.807) is 49.9 Å². The number of halogens is 12. The van der Waals surface area contributed by atoms with E-state index in [2.05, 4.69) is 118 Å². The van der Waals surface area contributed by atoms with E-state index in [0.717, 1.165) is 221 Å². The van der Waals surface area contributed by atoms with Gasteiger partial charge in [-0.15, -0.1) is 0 Å². The van der Waals surface area contributed by atoms with Crippen molar-refractivity contribution in [1.82, 2.24) is 0 Å². The Labute approximate surface area is 868 Å². The van der Waals surface area contributed by atoms with E-state index >= 15 is 52.7 Å². The Bertz CT molecular complexity index is 6970. The van der Waals surface area contributed by atoms with Crippen molar-refractivity contribution in [3.05, 3.63) is 363 Å². The molecular weight excluding hydrogens is 1870 g/mol. The Kier molecular flexibility index (Phi) is 34.8. The van der Waals surface area contributed by atoms with Gasteiger partial charge in [0.05, 0.1) is 62.6 Å². The van der Waals surface area contributed by atoms with Crippen molar-refractivity contribution in [1.29, 1.82) is 0 Å². The minimum Gasteiger partial charge on any atom is -0.309 e. The number of rotatable bonds is 44. The summed E-state index contributed by atoms with van der Waals surface area (Å²) in [6.07, 6.45) is 16.1. The van der Waals surface area contributed by atoms with Gasteiger partial charge in [0, 0.05) is 96.7 Å². The van der Waals surface area contributed by atoms with Crippen molar-refractivity contribution < 1.29 is 52.7 Å². The summed E-state index contributed by atoms with van der Waals surface area (Å²) < 4.78 is 208. The fraction of sp³-hybridized carbons (Fsp3) is 0.348. The molecule has 0 fully saturated rings. The summed E-state index contributed by atoms with van der Waals surface area (Å²) in [5.74, 6) is -15.0. The number of nitrogens with zero attached hydrogens (tertiary/aromatic N) is 4. The molecule has 0 bridgehead atoms. The number of allylic oxidation sites excluding steroid dienone is 3. The zero-order chi connectivity index (χ0) is 105. The molecule has 16 heteroatoms. The smallest absolute Gasteiger partial charge is 0.194 e. The Morgan fingerprint density at radius 2 is 0.486 bits per heavy atom. The molecule has 0 aliphatic heterocycles. The molecule has 0 saturated heterocycles. The summed E-state index contributed by atoms with van der Waals surface area (Å²) in [4.78, 5) is 6.61. The molecule has 148 heavy (non-hydrogen) atoms. The van der Waals surface area contributed by atoms with Crippen LogP contribution < -0.4 is 19.6 Å².